The Morgan fingerprint density at radius 3 is 2.89 bits per heavy atom. The largest absolute Gasteiger partial charge is 0.306 e. The molecule has 1 aliphatic heterocycles. The molecule has 6 heteroatoms. The fraction of sp³-hybridized carbons (Fsp3) is 0.333. The summed E-state index contributed by atoms with van der Waals surface area (Å²) in [5.41, 5.74) is 0.800. The molecule has 2 heterocycles. The summed E-state index contributed by atoms with van der Waals surface area (Å²) in [6.45, 7) is 1.87. The second-order valence-corrected chi connectivity index (χ2v) is 5.34. The molecule has 0 unspecified atom stereocenters. The number of nitrogens with zero attached hydrogens (tertiary/aromatic N) is 2. The van der Waals surface area contributed by atoms with Crippen LogP contribution in [0.1, 0.15) is 17.8 Å². The van der Waals surface area contributed by atoms with Crippen LogP contribution in [0.4, 0.5) is 8.78 Å². The van der Waals surface area contributed by atoms with Gasteiger partial charge in [0.25, 0.3) is 5.56 Å². The standard InChI is InChI=1S/C12H9BrF2N2O/c1-6-4-7-9(8(13)5-6)16-11-12(14,15)2-3-17(11)10(7)18/h4-5H,2-3H2,1H3. The Bertz CT molecular complexity index is 724. The van der Waals surface area contributed by atoms with Gasteiger partial charge in [-0.1, -0.05) is 0 Å². The average Bonchev–Trinajstić information content (AvgIpc) is 2.57. The minimum atomic E-state index is -3.02. The van der Waals surface area contributed by atoms with Gasteiger partial charge in [0.05, 0.1) is 10.9 Å². The van der Waals surface area contributed by atoms with E-state index in [9.17, 15) is 13.6 Å². The third kappa shape index (κ3) is 1.51. The lowest BCUT2D eigenvalue weighted by Crippen LogP contribution is -2.23. The first-order chi connectivity index (χ1) is 8.40. The maximum atomic E-state index is 13.6. The molecule has 0 N–H and O–H groups in total. The predicted octanol–water partition coefficient (Wildman–Crippen LogP) is 2.96. The van der Waals surface area contributed by atoms with E-state index in [1.807, 2.05) is 6.92 Å². The number of fused-ring (bicyclic) bond motifs is 2. The van der Waals surface area contributed by atoms with Crippen molar-refractivity contribution in [3.05, 3.63) is 38.3 Å². The summed E-state index contributed by atoms with van der Waals surface area (Å²) in [5, 5.41) is 0.378. The van der Waals surface area contributed by atoms with Gasteiger partial charge in [-0.3, -0.25) is 9.36 Å². The monoisotopic (exact) mass is 314 g/mol. The van der Waals surface area contributed by atoms with Gasteiger partial charge < -0.3 is 0 Å². The summed E-state index contributed by atoms with van der Waals surface area (Å²) in [6, 6.07) is 3.44. The highest BCUT2D eigenvalue weighted by molar-refractivity contribution is 9.10. The van der Waals surface area contributed by atoms with Crippen LogP contribution in [0, 0.1) is 6.92 Å². The zero-order chi connectivity index (χ0) is 13.1. The van der Waals surface area contributed by atoms with Crippen LogP contribution in [-0.4, -0.2) is 9.55 Å². The van der Waals surface area contributed by atoms with Crippen molar-refractivity contribution in [3.63, 3.8) is 0 Å². The van der Waals surface area contributed by atoms with Gasteiger partial charge in [-0.25, -0.2) is 4.98 Å². The van der Waals surface area contributed by atoms with Crippen LogP contribution in [-0.2, 0) is 12.5 Å². The van der Waals surface area contributed by atoms with Crippen molar-refractivity contribution in [1.29, 1.82) is 0 Å². The van der Waals surface area contributed by atoms with Gasteiger partial charge in [0.1, 0.15) is 0 Å². The number of rotatable bonds is 0. The smallest absolute Gasteiger partial charge is 0.291 e. The van der Waals surface area contributed by atoms with Crippen LogP contribution in [0.3, 0.4) is 0 Å². The molecule has 0 amide bonds. The number of benzene rings is 1. The molecule has 0 fully saturated rings. The number of alkyl halides is 2. The van der Waals surface area contributed by atoms with E-state index < -0.39 is 17.3 Å². The van der Waals surface area contributed by atoms with Crippen LogP contribution in [0.15, 0.2) is 21.4 Å². The maximum absolute atomic E-state index is 13.6. The Morgan fingerprint density at radius 2 is 2.17 bits per heavy atom. The van der Waals surface area contributed by atoms with Gasteiger partial charge in [-0.05, 0) is 40.5 Å². The normalized spacial score (nSPS) is 17.1. The van der Waals surface area contributed by atoms with Crippen LogP contribution < -0.4 is 5.56 Å². The van der Waals surface area contributed by atoms with E-state index in [0.717, 1.165) is 10.1 Å². The topological polar surface area (TPSA) is 34.9 Å². The van der Waals surface area contributed by atoms with E-state index in [4.69, 9.17) is 0 Å². The molecule has 1 aromatic heterocycles. The van der Waals surface area contributed by atoms with E-state index in [1.165, 1.54) is 0 Å². The molecule has 0 radical (unpaired) electrons. The summed E-state index contributed by atoms with van der Waals surface area (Å²) >= 11 is 3.27. The summed E-state index contributed by atoms with van der Waals surface area (Å²) in [4.78, 5) is 16.2. The van der Waals surface area contributed by atoms with E-state index in [0.29, 0.717) is 15.4 Å². The Morgan fingerprint density at radius 1 is 1.44 bits per heavy atom. The van der Waals surface area contributed by atoms with Crippen molar-refractivity contribution in [2.45, 2.75) is 25.8 Å². The highest BCUT2D eigenvalue weighted by Gasteiger charge is 2.42. The fourth-order valence-corrected chi connectivity index (χ4v) is 2.93. The van der Waals surface area contributed by atoms with Crippen molar-refractivity contribution in [2.24, 2.45) is 0 Å². The van der Waals surface area contributed by atoms with Crippen molar-refractivity contribution in [2.75, 3.05) is 0 Å². The van der Waals surface area contributed by atoms with Crippen LogP contribution in [0.2, 0.25) is 0 Å². The second kappa shape index (κ2) is 3.60. The minimum Gasteiger partial charge on any atom is -0.291 e. The zero-order valence-electron chi connectivity index (χ0n) is 9.51. The third-order valence-corrected chi connectivity index (χ3v) is 3.74. The molecule has 0 bridgehead atoms. The van der Waals surface area contributed by atoms with Gasteiger partial charge in [-0.15, -0.1) is 0 Å². The highest BCUT2D eigenvalue weighted by atomic mass is 79.9. The van der Waals surface area contributed by atoms with E-state index in [2.05, 4.69) is 20.9 Å². The van der Waals surface area contributed by atoms with Crippen molar-refractivity contribution in [3.8, 4) is 0 Å². The van der Waals surface area contributed by atoms with Gasteiger partial charge in [0.2, 0.25) is 0 Å². The van der Waals surface area contributed by atoms with Gasteiger partial charge in [0, 0.05) is 17.4 Å². The molecule has 3 rings (SSSR count). The lowest BCUT2D eigenvalue weighted by Gasteiger charge is -2.10. The van der Waals surface area contributed by atoms with E-state index >= 15 is 0 Å². The molecule has 2 aromatic rings. The van der Waals surface area contributed by atoms with Crippen molar-refractivity contribution >= 4 is 26.8 Å². The molecule has 18 heavy (non-hydrogen) atoms. The summed E-state index contributed by atoms with van der Waals surface area (Å²) in [6.07, 6.45) is -0.359. The number of aromatic nitrogens is 2. The molecular formula is C12H9BrF2N2O. The van der Waals surface area contributed by atoms with Crippen LogP contribution in [0.25, 0.3) is 10.9 Å². The molecule has 94 valence electrons. The van der Waals surface area contributed by atoms with Gasteiger partial charge in [-0.2, -0.15) is 8.78 Å². The van der Waals surface area contributed by atoms with Crippen molar-refractivity contribution < 1.29 is 8.78 Å². The molecule has 0 saturated carbocycles. The summed E-state index contributed by atoms with van der Waals surface area (Å²) in [7, 11) is 0. The molecule has 0 aliphatic carbocycles. The molecular weight excluding hydrogens is 306 g/mol. The lowest BCUT2D eigenvalue weighted by molar-refractivity contribution is -0.00628. The molecule has 3 nitrogen and oxygen atoms in total. The molecule has 0 saturated heterocycles. The average molecular weight is 315 g/mol. The van der Waals surface area contributed by atoms with Gasteiger partial charge >= 0.3 is 5.92 Å². The van der Waals surface area contributed by atoms with Crippen LogP contribution in [0.5, 0.6) is 0 Å². The Hall–Kier alpha value is -1.30. The Balaban J connectivity index is 2.49. The summed E-state index contributed by atoms with van der Waals surface area (Å²) < 4.78 is 28.9. The van der Waals surface area contributed by atoms with Crippen LogP contribution >= 0.6 is 15.9 Å². The first-order valence-corrected chi connectivity index (χ1v) is 6.28. The molecule has 1 aliphatic rings. The van der Waals surface area contributed by atoms with E-state index in [-0.39, 0.29) is 13.0 Å². The first kappa shape index (κ1) is 11.8. The predicted molar refractivity (Wildman–Crippen MR) is 67.0 cm³/mol. The Kier molecular flexibility index (Phi) is 2.35. The molecule has 1 aromatic carbocycles. The summed E-state index contributed by atoms with van der Waals surface area (Å²) in [5.74, 6) is -3.44. The zero-order valence-corrected chi connectivity index (χ0v) is 11.1. The lowest BCUT2D eigenvalue weighted by atomic mass is 10.1. The maximum Gasteiger partial charge on any atom is 0.306 e. The van der Waals surface area contributed by atoms with Crippen molar-refractivity contribution in [1.82, 2.24) is 9.55 Å². The number of halogens is 3. The Labute approximate surface area is 110 Å². The highest BCUT2D eigenvalue weighted by Crippen LogP contribution is 2.36. The third-order valence-electron chi connectivity index (χ3n) is 3.13. The number of aryl methyl sites for hydroxylation is 1. The molecule has 0 spiro atoms. The SMILES string of the molecule is Cc1cc(Br)c2nc3n(c(=O)c2c1)CCC3(F)F. The second-order valence-electron chi connectivity index (χ2n) is 4.49. The number of hydrogen-bond donors (Lipinski definition) is 0. The van der Waals surface area contributed by atoms with E-state index in [1.54, 1.807) is 12.1 Å². The number of hydrogen-bond acceptors (Lipinski definition) is 2. The first-order valence-electron chi connectivity index (χ1n) is 5.49. The fourth-order valence-electron chi connectivity index (χ4n) is 2.27. The molecule has 0 atom stereocenters. The minimum absolute atomic E-state index is 0.0235. The quantitative estimate of drug-likeness (QED) is 0.749. The van der Waals surface area contributed by atoms with Gasteiger partial charge in [0.15, 0.2) is 5.82 Å².